The zero-order valence-corrected chi connectivity index (χ0v) is 11.5. The van der Waals surface area contributed by atoms with Gasteiger partial charge in [-0.1, -0.05) is 6.42 Å². The molecule has 3 fully saturated rings. The number of rotatable bonds is 5. The second-order valence-electron chi connectivity index (χ2n) is 6.67. The summed E-state index contributed by atoms with van der Waals surface area (Å²) in [7, 11) is 0. The highest BCUT2D eigenvalue weighted by Gasteiger charge is 2.42. The van der Waals surface area contributed by atoms with Crippen LogP contribution in [0.1, 0.15) is 38.5 Å². The van der Waals surface area contributed by atoms with Crippen molar-refractivity contribution in [2.75, 3.05) is 32.8 Å². The van der Waals surface area contributed by atoms with E-state index < -0.39 is 0 Å². The van der Waals surface area contributed by atoms with E-state index in [0.717, 1.165) is 30.3 Å². The predicted molar refractivity (Wildman–Crippen MR) is 73.5 cm³/mol. The molecule has 0 amide bonds. The molecule has 3 nitrogen and oxygen atoms in total. The Morgan fingerprint density at radius 2 is 2.11 bits per heavy atom. The lowest BCUT2D eigenvalue weighted by Crippen LogP contribution is -2.46. The van der Waals surface area contributed by atoms with Crippen molar-refractivity contribution in [2.24, 2.45) is 17.8 Å². The molecule has 2 aliphatic carbocycles. The van der Waals surface area contributed by atoms with Crippen LogP contribution in [-0.2, 0) is 0 Å². The normalized spacial score (nSPS) is 39.7. The molecule has 0 radical (unpaired) electrons. The molecule has 18 heavy (non-hydrogen) atoms. The molecule has 0 spiro atoms. The summed E-state index contributed by atoms with van der Waals surface area (Å²) in [5.74, 6) is 2.76. The summed E-state index contributed by atoms with van der Waals surface area (Å²) in [6.45, 7) is 4.81. The van der Waals surface area contributed by atoms with Crippen LogP contribution in [-0.4, -0.2) is 48.8 Å². The molecule has 3 heteroatoms. The van der Waals surface area contributed by atoms with Crippen molar-refractivity contribution < 1.29 is 5.11 Å². The molecule has 0 aromatic rings. The number of aliphatic hydroxyl groups excluding tert-OH is 1. The molecule has 0 aromatic carbocycles. The Morgan fingerprint density at radius 3 is 2.72 bits per heavy atom. The van der Waals surface area contributed by atoms with E-state index in [9.17, 15) is 5.11 Å². The minimum Gasteiger partial charge on any atom is -0.395 e. The summed E-state index contributed by atoms with van der Waals surface area (Å²) < 4.78 is 0. The van der Waals surface area contributed by atoms with Gasteiger partial charge in [-0.05, 0) is 62.9 Å². The van der Waals surface area contributed by atoms with Gasteiger partial charge in [0.05, 0.1) is 6.61 Å². The van der Waals surface area contributed by atoms with Crippen LogP contribution in [0.15, 0.2) is 0 Å². The Bertz CT molecular complexity index is 265. The lowest BCUT2D eigenvalue weighted by Gasteiger charge is -2.37. The third kappa shape index (κ3) is 2.73. The minimum atomic E-state index is 0.327. The summed E-state index contributed by atoms with van der Waals surface area (Å²) >= 11 is 0. The fourth-order valence-electron chi connectivity index (χ4n) is 4.59. The van der Waals surface area contributed by atoms with Gasteiger partial charge in [0, 0.05) is 19.1 Å². The number of hydrogen-bond donors (Lipinski definition) is 2. The van der Waals surface area contributed by atoms with Gasteiger partial charge < -0.3 is 10.4 Å². The SMILES string of the molecule is OCCN(CC1CCCNC1)C1CC2CCC1C2. The molecule has 104 valence electrons. The van der Waals surface area contributed by atoms with E-state index in [0.29, 0.717) is 6.61 Å². The third-order valence-corrected chi connectivity index (χ3v) is 5.45. The van der Waals surface area contributed by atoms with Gasteiger partial charge in [-0.2, -0.15) is 0 Å². The molecular weight excluding hydrogens is 224 g/mol. The van der Waals surface area contributed by atoms with E-state index in [2.05, 4.69) is 10.2 Å². The molecule has 2 saturated carbocycles. The number of nitrogens with zero attached hydrogens (tertiary/aromatic N) is 1. The first-order valence-corrected chi connectivity index (χ1v) is 7.92. The molecule has 3 aliphatic rings. The van der Waals surface area contributed by atoms with E-state index in [4.69, 9.17) is 0 Å². The molecule has 2 N–H and O–H groups in total. The van der Waals surface area contributed by atoms with Crippen molar-refractivity contribution in [1.82, 2.24) is 10.2 Å². The molecule has 1 saturated heterocycles. The van der Waals surface area contributed by atoms with Crippen LogP contribution in [0, 0.1) is 17.8 Å². The maximum atomic E-state index is 9.34. The molecule has 1 aliphatic heterocycles. The van der Waals surface area contributed by atoms with Gasteiger partial charge in [0.2, 0.25) is 0 Å². The van der Waals surface area contributed by atoms with Crippen LogP contribution >= 0.6 is 0 Å². The van der Waals surface area contributed by atoms with Crippen LogP contribution in [0.3, 0.4) is 0 Å². The highest BCUT2D eigenvalue weighted by Crippen LogP contribution is 2.46. The van der Waals surface area contributed by atoms with E-state index >= 15 is 0 Å². The number of aliphatic hydroxyl groups is 1. The Morgan fingerprint density at radius 1 is 1.17 bits per heavy atom. The van der Waals surface area contributed by atoms with Crippen LogP contribution in [0.5, 0.6) is 0 Å². The first kappa shape index (κ1) is 12.9. The number of fused-ring (bicyclic) bond motifs is 2. The van der Waals surface area contributed by atoms with Crippen molar-refractivity contribution in [2.45, 2.75) is 44.6 Å². The maximum absolute atomic E-state index is 9.34. The standard InChI is InChI=1S/C15H28N2O/c18-7-6-17(11-13-2-1-5-16-10-13)15-9-12-3-4-14(15)8-12/h12-16,18H,1-11H2. The maximum Gasteiger partial charge on any atom is 0.0558 e. The summed E-state index contributed by atoms with van der Waals surface area (Å²) in [5, 5.41) is 12.9. The quantitative estimate of drug-likeness (QED) is 0.778. The fraction of sp³-hybridized carbons (Fsp3) is 1.00. The van der Waals surface area contributed by atoms with Crippen molar-refractivity contribution in [3.05, 3.63) is 0 Å². The monoisotopic (exact) mass is 252 g/mol. The van der Waals surface area contributed by atoms with E-state index in [1.807, 2.05) is 0 Å². The van der Waals surface area contributed by atoms with Crippen LogP contribution in [0.2, 0.25) is 0 Å². The highest BCUT2D eigenvalue weighted by atomic mass is 16.3. The van der Waals surface area contributed by atoms with E-state index in [-0.39, 0.29) is 0 Å². The summed E-state index contributed by atoms with van der Waals surface area (Å²) in [6, 6.07) is 0.790. The van der Waals surface area contributed by atoms with Gasteiger partial charge in [-0.15, -0.1) is 0 Å². The Labute approximate surface area is 111 Å². The Balaban J connectivity index is 1.57. The van der Waals surface area contributed by atoms with Crippen LogP contribution < -0.4 is 5.32 Å². The Kier molecular flexibility index (Phi) is 4.22. The van der Waals surface area contributed by atoms with Crippen molar-refractivity contribution in [3.63, 3.8) is 0 Å². The van der Waals surface area contributed by atoms with Gasteiger partial charge in [0.25, 0.3) is 0 Å². The zero-order valence-electron chi connectivity index (χ0n) is 11.5. The molecule has 4 atom stereocenters. The predicted octanol–water partition coefficient (Wildman–Crippen LogP) is 1.47. The number of nitrogens with one attached hydrogen (secondary N) is 1. The minimum absolute atomic E-state index is 0.327. The molecule has 1 heterocycles. The second kappa shape index (κ2) is 5.89. The molecular formula is C15H28N2O. The zero-order chi connectivity index (χ0) is 12.4. The van der Waals surface area contributed by atoms with Gasteiger partial charge in [-0.3, -0.25) is 4.90 Å². The summed E-state index contributed by atoms with van der Waals surface area (Å²) in [4.78, 5) is 2.63. The topological polar surface area (TPSA) is 35.5 Å². The van der Waals surface area contributed by atoms with Gasteiger partial charge in [0.1, 0.15) is 0 Å². The Hall–Kier alpha value is -0.120. The smallest absolute Gasteiger partial charge is 0.0558 e. The lowest BCUT2D eigenvalue weighted by atomic mass is 9.92. The van der Waals surface area contributed by atoms with Crippen molar-refractivity contribution in [1.29, 1.82) is 0 Å². The van der Waals surface area contributed by atoms with Crippen molar-refractivity contribution >= 4 is 0 Å². The number of hydrogen-bond acceptors (Lipinski definition) is 3. The second-order valence-corrected chi connectivity index (χ2v) is 6.67. The fourth-order valence-corrected chi connectivity index (χ4v) is 4.59. The first-order chi connectivity index (χ1) is 8.86. The average Bonchev–Trinajstić information content (AvgIpc) is 3.02. The summed E-state index contributed by atoms with van der Waals surface area (Å²) in [5.41, 5.74) is 0. The van der Waals surface area contributed by atoms with Gasteiger partial charge in [-0.25, -0.2) is 0 Å². The van der Waals surface area contributed by atoms with Crippen LogP contribution in [0.4, 0.5) is 0 Å². The summed E-state index contributed by atoms with van der Waals surface area (Å²) in [6.07, 6.45) is 8.49. The van der Waals surface area contributed by atoms with Crippen LogP contribution in [0.25, 0.3) is 0 Å². The largest absolute Gasteiger partial charge is 0.395 e. The van der Waals surface area contributed by atoms with Gasteiger partial charge in [0.15, 0.2) is 0 Å². The number of piperidine rings is 1. The molecule has 3 rings (SSSR count). The average molecular weight is 252 g/mol. The first-order valence-electron chi connectivity index (χ1n) is 7.92. The third-order valence-electron chi connectivity index (χ3n) is 5.45. The van der Waals surface area contributed by atoms with E-state index in [1.54, 1.807) is 0 Å². The highest BCUT2D eigenvalue weighted by molar-refractivity contribution is 4.96. The molecule has 2 bridgehead atoms. The van der Waals surface area contributed by atoms with Crippen molar-refractivity contribution in [3.8, 4) is 0 Å². The van der Waals surface area contributed by atoms with E-state index in [1.165, 1.54) is 58.2 Å². The van der Waals surface area contributed by atoms with Gasteiger partial charge >= 0.3 is 0 Å². The lowest BCUT2D eigenvalue weighted by molar-refractivity contribution is 0.0909. The molecule has 0 aromatic heterocycles. The molecule has 4 unspecified atom stereocenters.